The molecule has 0 heterocycles. The second-order valence-electron chi connectivity index (χ2n) is 2.87. The second kappa shape index (κ2) is 5.02. The maximum atomic E-state index is 10.5. The molecule has 0 unspecified atom stereocenters. The third-order valence-electron chi connectivity index (χ3n) is 1.81. The van der Waals surface area contributed by atoms with E-state index in [-0.39, 0.29) is 0 Å². The van der Waals surface area contributed by atoms with Crippen LogP contribution in [-0.4, -0.2) is 11.1 Å². The van der Waals surface area contributed by atoms with E-state index in [1.54, 1.807) is 6.08 Å². The number of rotatable bonds is 4. The van der Waals surface area contributed by atoms with Crippen LogP contribution in [0.5, 0.6) is 0 Å². The van der Waals surface area contributed by atoms with Crippen LogP contribution in [0, 0.1) is 0 Å². The van der Waals surface area contributed by atoms with Crippen LogP contribution in [0.15, 0.2) is 49.1 Å². The van der Waals surface area contributed by atoms with Crippen molar-refractivity contribution in [3.63, 3.8) is 0 Å². The molecule has 0 aromatic heterocycles. The van der Waals surface area contributed by atoms with Crippen molar-refractivity contribution in [2.45, 2.75) is 6.42 Å². The molecule has 0 amide bonds. The van der Waals surface area contributed by atoms with Gasteiger partial charge in [0.15, 0.2) is 0 Å². The lowest BCUT2D eigenvalue weighted by Crippen LogP contribution is -1.91. The summed E-state index contributed by atoms with van der Waals surface area (Å²) in [5.74, 6) is -0.925. The molecule has 0 saturated heterocycles. The van der Waals surface area contributed by atoms with Crippen LogP contribution in [0.2, 0.25) is 0 Å². The van der Waals surface area contributed by atoms with Gasteiger partial charge in [-0.3, -0.25) is 0 Å². The zero-order valence-corrected chi connectivity index (χ0v) is 7.81. The van der Waals surface area contributed by atoms with Crippen molar-refractivity contribution in [2.24, 2.45) is 0 Å². The number of carbonyl (C=O) groups is 1. The predicted octanol–water partition coefficient (Wildman–Crippen LogP) is 2.73. The Balaban J connectivity index is 3.00. The number of hydrogen-bond acceptors (Lipinski definition) is 1. The first-order valence-electron chi connectivity index (χ1n) is 4.34. The fourth-order valence-corrected chi connectivity index (χ4v) is 1.22. The van der Waals surface area contributed by atoms with Gasteiger partial charge in [-0.05, 0) is 17.6 Å². The lowest BCUT2D eigenvalue weighted by atomic mass is 10.0. The van der Waals surface area contributed by atoms with Gasteiger partial charge in [0.2, 0.25) is 0 Å². The first-order valence-corrected chi connectivity index (χ1v) is 4.34. The quantitative estimate of drug-likeness (QED) is 0.582. The molecule has 2 nitrogen and oxygen atoms in total. The summed E-state index contributed by atoms with van der Waals surface area (Å²) in [5, 5.41) is 8.66. The van der Waals surface area contributed by atoms with Gasteiger partial charge in [0.1, 0.15) is 0 Å². The minimum Gasteiger partial charge on any atom is -0.478 e. The van der Waals surface area contributed by atoms with Crippen molar-refractivity contribution in [3.05, 3.63) is 54.6 Å². The minimum absolute atomic E-state index is 0.566. The van der Waals surface area contributed by atoms with Gasteiger partial charge in [0.05, 0.1) is 0 Å². The summed E-state index contributed by atoms with van der Waals surface area (Å²) in [7, 11) is 0. The molecule has 1 rings (SSSR count). The number of hydrogen-bond donors (Lipinski definition) is 1. The molecular weight excluding hydrogens is 176 g/mol. The number of carboxylic acid groups (broad SMARTS) is 1. The molecule has 0 atom stereocenters. The smallest absolute Gasteiger partial charge is 0.328 e. The largest absolute Gasteiger partial charge is 0.478 e. The van der Waals surface area contributed by atoms with Crippen molar-refractivity contribution in [2.75, 3.05) is 0 Å². The number of benzene rings is 1. The van der Waals surface area contributed by atoms with Crippen LogP contribution in [0.3, 0.4) is 0 Å². The Morgan fingerprint density at radius 1 is 1.36 bits per heavy atom. The second-order valence-corrected chi connectivity index (χ2v) is 2.87. The average Bonchev–Trinajstić information content (AvgIpc) is 2.18. The van der Waals surface area contributed by atoms with Crippen LogP contribution in [-0.2, 0) is 4.79 Å². The Bertz CT molecular complexity index is 350. The fourth-order valence-electron chi connectivity index (χ4n) is 1.22. The molecule has 0 aliphatic carbocycles. The van der Waals surface area contributed by atoms with E-state index in [0.717, 1.165) is 11.1 Å². The Morgan fingerprint density at radius 3 is 2.50 bits per heavy atom. The van der Waals surface area contributed by atoms with E-state index in [1.807, 2.05) is 30.3 Å². The molecule has 1 aromatic carbocycles. The zero-order valence-electron chi connectivity index (χ0n) is 7.81. The Labute approximate surface area is 83.2 Å². The topological polar surface area (TPSA) is 37.3 Å². The highest BCUT2D eigenvalue weighted by Crippen LogP contribution is 2.17. The molecule has 2 heteroatoms. The predicted molar refractivity (Wildman–Crippen MR) is 56.9 cm³/mol. The summed E-state index contributed by atoms with van der Waals surface area (Å²) in [4.78, 5) is 10.5. The molecule has 0 fully saturated rings. The van der Waals surface area contributed by atoms with E-state index in [1.165, 1.54) is 6.08 Å². The number of aliphatic carboxylic acids is 1. The molecule has 1 N–H and O–H groups in total. The van der Waals surface area contributed by atoms with E-state index in [0.29, 0.717) is 6.42 Å². The van der Waals surface area contributed by atoms with E-state index < -0.39 is 5.97 Å². The van der Waals surface area contributed by atoms with E-state index in [9.17, 15) is 4.79 Å². The molecule has 72 valence electrons. The van der Waals surface area contributed by atoms with Crippen LogP contribution in [0.25, 0.3) is 5.57 Å². The van der Waals surface area contributed by atoms with Crippen molar-refractivity contribution in [1.82, 2.24) is 0 Å². The third kappa shape index (κ3) is 2.90. The van der Waals surface area contributed by atoms with E-state index in [4.69, 9.17) is 5.11 Å². The highest BCUT2D eigenvalue weighted by Gasteiger charge is 2.00. The Hall–Kier alpha value is -1.83. The van der Waals surface area contributed by atoms with Gasteiger partial charge >= 0.3 is 5.97 Å². The van der Waals surface area contributed by atoms with E-state index >= 15 is 0 Å². The van der Waals surface area contributed by atoms with Crippen LogP contribution in [0.1, 0.15) is 12.0 Å². The van der Waals surface area contributed by atoms with Crippen molar-refractivity contribution >= 4 is 11.5 Å². The van der Waals surface area contributed by atoms with Gasteiger partial charge in [-0.1, -0.05) is 36.4 Å². The molecular formula is C12H12O2. The van der Waals surface area contributed by atoms with Crippen molar-refractivity contribution in [3.8, 4) is 0 Å². The minimum atomic E-state index is -0.925. The van der Waals surface area contributed by atoms with Gasteiger partial charge in [-0.25, -0.2) is 4.79 Å². The molecule has 0 bridgehead atoms. The number of allylic oxidation sites excluding steroid dienone is 2. The highest BCUT2D eigenvalue weighted by atomic mass is 16.4. The maximum absolute atomic E-state index is 10.5. The molecule has 0 aliphatic heterocycles. The lowest BCUT2D eigenvalue weighted by molar-refractivity contribution is -0.131. The molecule has 0 radical (unpaired) electrons. The fraction of sp³-hybridized carbons (Fsp3) is 0.0833. The monoisotopic (exact) mass is 188 g/mol. The van der Waals surface area contributed by atoms with Crippen LogP contribution < -0.4 is 0 Å². The van der Waals surface area contributed by atoms with Gasteiger partial charge in [-0.2, -0.15) is 0 Å². The summed E-state index contributed by atoms with van der Waals surface area (Å²) in [6.45, 7) is 3.60. The molecule has 0 saturated carbocycles. The van der Waals surface area contributed by atoms with Gasteiger partial charge in [-0.15, -0.1) is 6.58 Å². The molecule has 14 heavy (non-hydrogen) atoms. The summed E-state index contributed by atoms with van der Waals surface area (Å²) in [5.41, 5.74) is 1.70. The molecule has 1 aromatic rings. The normalized spacial score (nSPS) is 11.0. The molecule has 0 aliphatic rings. The van der Waals surface area contributed by atoms with Crippen LogP contribution >= 0.6 is 0 Å². The van der Waals surface area contributed by atoms with Crippen molar-refractivity contribution < 1.29 is 9.90 Å². The third-order valence-corrected chi connectivity index (χ3v) is 1.81. The first kappa shape index (κ1) is 10.3. The SMILES string of the molecule is C=CCC(=CC(=O)O)c1ccccc1. The van der Waals surface area contributed by atoms with E-state index in [2.05, 4.69) is 6.58 Å². The first-order chi connectivity index (χ1) is 6.74. The summed E-state index contributed by atoms with van der Waals surface area (Å²) in [6, 6.07) is 9.44. The van der Waals surface area contributed by atoms with Gasteiger partial charge in [0.25, 0.3) is 0 Å². The van der Waals surface area contributed by atoms with Crippen molar-refractivity contribution in [1.29, 1.82) is 0 Å². The van der Waals surface area contributed by atoms with Crippen LogP contribution in [0.4, 0.5) is 0 Å². The highest BCUT2D eigenvalue weighted by molar-refractivity contribution is 5.90. The Morgan fingerprint density at radius 2 is 2.00 bits per heavy atom. The standard InChI is InChI=1S/C12H12O2/c1-2-6-11(9-12(13)14)10-7-4-3-5-8-10/h2-5,7-9H,1,6H2,(H,13,14). The number of carboxylic acids is 1. The molecule has 0 spiro atoms. The summed E-state index contributed by atoms with van der Waals surface area (Å²) >= 11 is 0. The van der Waals surface area contributed by atoms with Gasteiger partial charge in [0, 0.05) is 6.08 Å². The van der Waals surface area contributed by atoms with Gasteiger partial charge < -0.3 is 5.11 Å². The summed E-state index contributed by atoms with van der Waals surface area (Å²) in [6.07, 6.45) is 3.48. The maximum Gasteiger partial charge on any atom is 0.328 e. The Kier molecular flexibility index (Phi) is 3.68. The lowest BCUT2D eigenvalue weighted by Gasteiger charge is -2.02. The average molecular weight is 188 g/mol. The zero-order chi connectivity index (χ0) is 10.4. The summed E-state index contributed by atoms with van der Waals surface area (Å²) < 4.78 is 0.